The average molecular weight is 333 g/mol. The molecule has 0 saturated carbocycles. The third-order valence-electron chi connectivity index (χ3n) is 4.00. The third kappa shape index (κ3) is 3.27. The first kappa shape index (κ1) is 16.4. The lowest BCUT2D eigenvalue weighted by atomic mass is 10.0. The average Bonchev–Trinajstić information content (AvgIpc) is 2.91. The summed E-state index contributed by atoms with van der Waals surface area (Å²) >= 11 is 0. The quantitative estimate of drug-likeness (QED) is 0.859. The van der Waals surface area contributed by atoms with Crippen LogP contribution >= 0.6 is 12.4 Å². The molecular weight excluding hydrogens is 312 g/mol. The van der Waals surface area contributed by atoms with E-state index in [9.17, 15) is 8.42 Å². The number of sulfonamides is 1. The van der Waals surface area contributed by atoms with Gasteiger partial charge in [0.25, 0.3) is 0 Å². The van der Waals surface area contributed by atoms with Crippen molar-refractivity contribution in [1.82, 2.24) is 0 Å². The number of nitrogen functional groups attached to an aromatic ring is 1. The molecular formula is C14H21ClN2O3S. The standard InChI is InChI=1S/C14H20N2O3S.ClH/c15-13-6-1-7-14-12(13)5-2-8-16(14)20(17,18)10-11-4-3-9-19-11;/h1,6-7,11H,2-5,8-10,15H2;1H. The second-order valence-corrected chi connectivity index (χ2v) is 7.37. The van der Waals surface area contributed by atoms with E-state index in [1.807, 2.05) is 18.2 Å². The van der Waals surface area contributed by atoms with Crippen LogP contribution in [-0.4, -0.2) is 33.4 Å². The Bertz CT molecular complexity index is 600. The van der Waals surface area contributed by atoms with Gasteiger partial charge in [0.1, 0.15) is 0 Å². The summed E-state index contributed by atoms with van der Waals surface area (Å²) in [5.41, 5.74) is 8.34. The molecule has 3 rings (SSSR count). The largest absolute Gasteiger partial charge is 0.398 e. The van der Waals surface area contributed by atoms with Crippen LogP contribution in [0.25, 0.3) is 0 Å². The molecule has 1 aromatic carbocycles. The summed E-state index contributed by atoms with van der Waals surface area (Å²) in [6, 6.07) is 5.49. The molecule has 2 aliphatic rings. The molecule has 2 aliphatic heterocycles. The number of benzene rings is 1. The Morgan fingerprint density at radius 3 is 2.86 bits per heavy atom. The highest BCUT2D eigenvalue weighted by Crippen LogP contribution is 2.33. The number of anilines is 2. The Labute approximate surface area is 131 Å². The Morgan fingerprint density at radius 2 is 2.14 bits per heavy atom. The summed E-state index contributed by atoms with van der Waals surface area (Å²) in [7, 11) is -3.34. The molecule has 1 unspecified atom stereocenters. The number of fused-ring (bicyclic) bond motifs is 1. The van der Waals surface area contributed by atoms with E-state index < -0.39 is 10.0 Å². The van der Waals surface area contributed by atoms with Gasteiger partial charge >= 0.3 is 0 Å². The summed E-state index contributed by atoms with van der Waals surface area (Å²) < 4.78 is 32.2. The highest BCUT2D eigenvalue weighted by Gasteiger charge is 2.32. The van der Waals surface area contributed by atoms with Crippen molar-refractivity contribution in [2.75, 3.05) is 28.9 Å². The zero-order valence-corrected chi connectivity index (χ0v) is 13.5. The Hall–Kier alpha value is -0.980. The molecule has 1 atom stereocenters. The molecule has 21 heavy (non-hydrogen) atoms. The molecule has 1 saturated heterocycles. The Morgan fingerprint density at radius 1 is 1.33 bits per heavy atom. The fourth-order valence-electron chi connectivity index (χ4n) is 3.01. The molecule has 118 valence electrons. The predicted octanol–water partition coefficient (Wildman–Crippen LogP) is 1.95. The van der Waals surface area contributed by atoms with Gasteiger partial charge in [-0.3, -0.25) is 4.31 Å². The molecule has 0 radical (unpaired) electrons. The molecule has 7 heteroatoms. The van der Waals surface area contributed by atoms with E-state index in [0.717, 1.165) is 36.9 Å². The van der Waals surface area contributed by atoms with Crippen LogP contribution in [0.4, 0.5) is 11.4 Å². The maximum absolute atomic E-state index is 12.6. The van der Waals surface area contributed by atoms with Gasteiger partial charge in [-0.15, -0.1) is 12.4 Å². The van der Waals surface area contributed by atoms with Gasteiger partial charge in [0.2, 0.25) is 10.0 Å². The summed E-state index contributed by atoms with van der Waals surface area (Å²) in [6.07, 6.45) is 3.27. The van der Waals surface area contributed by atoms with Crippen molar-refractivity contribution < 1.29 is 13.2 Å². The van der Waals surface area contributed by atoms with E-state index in [-0.39, 0.29) is 24.3 Å². The van der Waals surface area contributed by atoms with Gasteiger partial charge in [-0.1, -0.05) is 6.07 Å². The lowest BCUT2D eigenvalue weighted by Gasteiger charge is -2.31. The number of halogens is 1. The second kappa shape index (κ2) is 6.42. The molecule has 2 N–H and O–H groups in total. The molecule has 5 nitrogen and oxygen atoms in total. The molecule has 0 spiro atoms. The maximum atomic E-state index is 12.6. The number of rotatable bonds is 3. The van der Waals surface area contributed by atoms with Gasteiger partial charge in [-0.2, -0.15) is 0 Å². The number of ether oxygens (including phenoxy) is 1. The first-order chi connectivity index (χ1) is 9.58. The molecule has 2 heterocycles. The third-order valence-corrected chi connectivity index (χ3v) is 5.84. The maximum Gasteiger partial charge on any atom is 0.237 e. The highest BCUT2D eigenvalue weighted by molar-refractivity contribution is 7.92. The Balaban J connectivity index is 0.00000161. The van der Waals surface area contributed by atoms with Crippen molar-refractivity contribution in [3.8, 4) is 0 Å². The van der Waals surface area contributed by atoms with Crippen molar-refractivity contribution in [2.24, 2.45) is 0 Å². The fraction of sp³-hybridized carbons (Fsp3) is 0.571. The molecule has 1 fully saturated rings. The van der Waals surface area contributed by atoms with Crippen LogP contribution in [0.3, 0.4) is 0 Å². The summed E-state index contributed by atoms with van der Waals surface area (Å²) in [6.45, 7) is 1.20. The van der Waals surface area contributed by atoms with Gasteiger partial charge in [0, 0.05) is 18.8 Å². The van der Waals surface area contributed by atoms with Crippen LogP contribution in [0, 0.1) is 0 Å². The number of nitrogens with two attached hydrogens (primary N) is 1. The minimum absolute atomic E-state index is 0. The van der Waals surface area contributed by atoms with Crippen LogP contribution in [0.5, 0.6) is 0 Å². The Kier molecular flexibility index (Phi) is 5.01. The van der Waals surface area contributed by atoms with E-state index in [2.05, 4.69) is 0 Å². The first-order valence-corrected chi connectivity index (χ1v) is 8.68. The van der Waals surface area contributed by atoms with E-state index in [1.54, 1.807) is 0 Å². The van der Waals surface area contributed by atoms with Crippen LogP contribution in [-0.2, 0) is 21.2 Å². The highest BCUT2D eigenvalue weighted by atomic mass is 35.5. The topological polar surface area (TPSA) is 72.6 Å². The van der Waals surface area contributed by atoms with Crippen molar-refractivity contribution in [2.45, 2.75) is 31.8 Å². The van der Waals surface area contributed by atoms with Crippen LogP contribution in [0.1, 0.15) is 24.8 Å². The van der Waals surface area contributed by atoms with Gasteiger partial charge in [0.05, 0.1) is 17.5 Å². The first-order valence-electron chi connectivity index (χ1n) is 7.07. The lowest BCUT2D eigenvalue weighted by Crippen LogP contribution is -2.40. The monoisotopic (exact) mass is 332 g/mol. The predicted molar refractivity (Wildman–Crippen MR) is 86.5 cm³/mol. The molecule has 0 bridgehead atoms. The van der Waals surface area contributed by atoms with E-state index in [4.69, 9.17) is 10.5 Å². The molecule has 0 aliphatic carbocycles. The lowest BCUT2D eigenvalue weighted by molar-refractivity contribution is 0.127. The minimum atomic E-state index is -3.34. The van der Waals surface area contributed by atoms with Crippen LogP contribution in [0.2, 0.25) is 0 Å². The number of nitrogens with zero attached hydrogens (tertiary/aromatic N) is 1. The summed E-state index contributed by atoms with van der Waals surface area (Å²) in [5, 5.41) is 0. The van der Waals surface area contributed by atoms with E-state index in [1.165, 1.54) is 4.31 Å². The molecule has 0 aromatic heterocycles. The van der Waals surface area contributed by atoms with E-state index in [0.29, 0.717) is 18.8 Å². The van der Waals surface area contributed by atoms with Crippen molar-refractivity contribution >= 4 is 33.8 Å². The number of hydrogen-bond acceptors (Lipinski definition) is 4. The van der Waals surface area contributed by atoms with Gasteiger partial charge in [-0.25, -0.2) is 8.42 Å². The summed E-state index contributed by atoms with van der Waals surface area (Å²) in [5.74, 6) is 0.0707. The SMILES string of the molecule is Cl.Nc1cccc2c1CCCN2S(=O)(=O)CC1CCCO1. The smallest absolute Gasteiger partial charge is 0.237 e. The van der Waals surface area contributed by atoms with E-state index >= 15 is 0 Å². The van der Waals surface area contributed by atoms with Crippen molar-refractivity contribution in [1.29, 1.82) is 0 Å². The van der Waals surface area contributed by atoms with Gasteiger partial charge in [-0.05, 0) is 43.4 Å². The zero-order valence-electron chi connectivity index (χ0n) is 11.8. The van der Waals surface area contributed by atoms with Crippen molar-refractivity contribution in [3.63, 3.8) is 0 Å². The van der Waals surface area contributed by atoms with Crippen LogP contribution in [0.15, 0.2) is 18.2 Å². The summed E-state index contributed by atoms with van der Waals surface area (Å²) in [4.78, 5) is 0. The van der Waals surface area contributed by atoms with Gasteiger partial charge < -0.3 is 10.5 Å². The van der Waals surface area contributed by atoms with Gasteiger partial charge in [0.15, 0.2) is 0 Å². The molecule has 0 amide bonds. The zero-order chi connectivity index (χ0) is 14.2. The fourth-order valence-corrected chi connectivity index (χ4v) is 4.80. The second-order valence-electron chi connectivity index (χ2n) is 5.43. The van der Waals surface area contributed by atoms with Crippen molar-refractivity contribution in [3.05, 3.63) is 23.8 Å². The minimum Gasteiger partial charge on any atom is -0.398 e. The molecule has 1 aromatic rings. The number of hydrogen-bond donors (Lipinski definition) is 1. The normalized spacial score (nSPS) is 21.7. The van der Waals surface area contributed by atoms with Crippen LogP contribution < -0.4 is 10.0 Å².